The fourth-order valence-corrected chi connectivity index (χ4v) is 6.17. The lowest BCUT2D eigenvalue weighted by Crippen LogP contribution is -2.09. The smallest absolute Gasteiger partial charge is 0.340 e. The van der Waals surface area contributed by atoms with Gasteiger partial charge in [-0.15, -0.1) is 0 Å². The number of carbonyl (C=O) groups is 1. The Balaban J connectivity index is 2.96. The van der Waals surface area contributed by atoms with Crippen LogP contribution in [0.25, 0.3) is 0 Å². The molecule has 0 bridgehead atoms. The highest BCUT2D eigenvalue weighted by molar-refractivity contribution is 8.57. The molecule has 1 unspecified atom stereocenters. The highest BCUT2D eigenvalue weighted by Gasteiger charge is 2.19. The van der Waals surface area contributed by atoms with E-state index in [9.17, 15) is 4.79 Å². The van der Waals surface area contributed by atoms with Crippen molar-refractivity contribution in [2.45, 2.75) is 34.1 Å². The van der Waals surface area contributed by atoms with Crippen LogP contribution in [0.3, 0.4) is 0 Å². The third kappa shape index (κ3) is 7.52. The van der Waals surface area contributed by atoms with Gasteiger partial charge in [0.1, 0.15) is 0 Å². The van der Waals surface area contributed by atoms with Crippen LogP contribution in [-0.2, 0) is 9.26 Å². The Hall–Kier alpha value is -1.30. The van der Waals surface area contributed by atoms with Crippen molar-refractivity contribution in [3.05, 3.63) is 29.8 Å². The molecule has 0 radical (unpaired) electrons. The van der Waals surface area contributed by atoms with Gasteiger partial charge in [-0.05, 0) is 31.4 Å². The lowest BCUT2D eigenvalue weighted by Gasteiger charge is -2.19. The van der Waals surface area contributed by atoms with Gasteiger partial charge >= 0.3 is 5.97 Å². The van der Waals surface area contributed by atoms with E-state index in [1.54, 1.807) is 43.8 Å². The summed E-state index contributed by atoms with van der Waals surface area (Å²) in [5, 5.41) is 3.09. The first kappa shape index (κ1) is 22.7. The SMILES string of the molecule is CCCOP(N=CNc1ccccc1C(=O)OCC)(=NC)SCC(C)C. The summed E-state index contributed by atoms with van der Waals surface area (Å²) in [6.45, 7) is 6.82. The van der Waals surface area contributed by atoms with Crippen molar-refractivity contribution in [2.75, 3.05) is 31.3 Å². The van der Waals surface area contributed by atoms with Gasteiger partial charge in [0, 0.05) is 12.8 Å². The van der Waals surface area contributed by atoms with E-state index in [0.29, 0.717) is 30.4 Å². The van der Waals surface area contributed by atoms with Gasteiger partial charge in [-0.3, -0.25) is 4.74 Å². The standard InChI is InChI=1S/C18H30N3O3PS/c1-6-12-24-25(19-5,26-13-15(3)4)21-14-20-17-11-9-8-10-16(17)18(22)23-7-2/h8-11,14-15H,6-7,12-13H2,1-5H3,(H,20,21). The van der Waals surface area contributed by atoms with Crippen LogP contribution in [0.5, 0.6) is 0 Å². The molecule has 0 heterocycles. The van der Waals surface area contributed by atoms with Crippen molar-refractivity contribution in [1.82, 2.24) is 0 Å². The highest BCUT2D eigenvalue weighted by atomic mass is 32.7. The molecule has 8 heteroatoms. The van der Waals surface area contributed by atoms with Crippen LogP contribution in [0.4, 0.5) is 5.69 Å². The number of hydrogen-bond donors (Lipinski definition) is 1. The number of rotatable bonds is 11. The minimum atomic E-state index is -2.30. The van der Waals surface area contributed by atoms with E-state index in [1.165, 1.54) is 0 Å². The molecule has 26 heavy (non-hydrogen) atoms. The second-order valence-electron chi connectivity index (χ2n) is 5.87. The van der Waals surface area contributed by atoms with Gasteiger partial charge in [0.05, 0.1) is 30.8 Å². The number of nitrogens with one attached hydrogen (secondary N) is 1. The predicted octanol–water partition coefficient (Wildman–Crippen LogP) is 5.70. The van der Waals surface area contributed by atoms with Gasteiger partial charge in [-0.1, -0.05) is 44.3 Å². The molecule has 0 spiro atoms. The zero-order valence-electron chi connectivity index (χ0n) is 16.3. The molecule has 0 aliphatic carbocycles. The van der Waals surface area contributed by atoms with Gasteiger partial charge < -0.3 is 14.6 Å². The summed E-state index contributed by atoms with van der Waals surface area (Å²) in [5.41, 5.74) is 1.12. The van der Waals surface area contributed by atoms with E-state index in [-0.39, 0.29) is 5.97 Å². The van der Waals surface area contributed by atoms with E-state index < -0.39 is 6.63 Å². The molecule has 0 saturated carbocycles. The average Bonchev–Trinajstić information content (AvgIpc) is 2.64. The first-order valence-corrected chi connectivity index (χ1v) is 12.0. The maximum atomic E-state index is 12.1. The number of anilines is 1. The molecule has 1 rings (SSSR count). The van der Waals surface area contributed by atoms with Crippen LogP contribution in [-0.4, -0.2) is 38.3 Å². The van der Waals surface area contributed by atoms with Gasteiger partial charge in [-0.2, -0.15) is 0 Å². The summed E-state index contributed by atoms with van der Waals surface area (Å²) in [7, 11) is 1.75. The van der Waals surface area contributed by atoms with Crippen molar-refractivity contribution in [3.8, 4) is 0 Å². The minimum Gasteiger partial charge on any atom is -0.462 e. The van der Waals surface area contributed by atoms with Crippen LogP contribution in [0.1, 0.15) is 44.5 Å². The summed E-state index contributed by atoms with van der Waals surface area (Å²) < 4.78 is 20.2. The second kappa shape index (κ2) is 12.2. The third-order valence-electron chi connectivity index (χ3n) is 3.14. The summed E-state index contributed by atoms with van der Waals surface area (Å²) in [6, 6.07) is 7.19. The topological polar surface area (TPSA) is 72.3 Å². The molecular weight excluding hydrogens is 369 g/mol. The number of ether oxygens (including phenoxy) is 1. The van der Waals surface area contributed by atoms with E-state index in [2.05, 4.69) is 35.6 Å². The van der Waals surface area contributed by atoms with Gasteiger partial charge in [0.15, 0.2) is 0 Å². The summed E-state index contributed by atoms with van der Waals surface area (Å²) in [5.74, 6) is 1.09. The highest BCUT2D eigenvalue weighted by Crippen LogP contribution is 2.64. The molecule has 0 amide bonds. The number of para-hydroxylation sites is 1. The van der Waals surface area contributed by atoms with Crippen molar-refractivity contribution in [1.29, 1.82) is 0 Å². The molecule has 0 aromatic heterocycles. The number of nitrogens with zero attached hydrogens (tertiary/aromatic N) is 2. The van der Waals surface area contributed by atoms with Crippen LogP contribution in [0, 0.1) is 5.92 Å². The van der Waals surface area contributed by atoms with Crippen LogP contribution < -0.4 is 5.32 Å². The zero-order chi connectivity index (χ0) is 19.4. The van der Waals surface area contributed by atoms with Crippen molar-refractivity contribution in [3.63, 3.8) is 0 Å². The Labute approximate surface area is 161 Å². The molecule has 146 valence electrons. The second-order valence-corrected chi connectivity index (χ2v) is 10.5. The molecule has 1 atom stereocenters. The fraction of sp³-hybridized carbons (Fsp3) is 0.556. The van der Waals surface area contributed by atoms with Crippen LogP contribution >= 0.6 is 18.0 Å². The summed E-state index contributed by atoms with van der Waals surface area (Å²) in [4.78, 5) is 12.1. The molecule has 1 N–H and O–H groups in total. The Kier molecular flexibility index (Phi) is 10.6. The molecule has 1 aromatic carbocycles. The minimum absolute atomic E-state index is 0.335. The maximum absolute atomic E-state index is 12.1. The van der Waals surface area contributed by atoms with Crippen molar-refractivity contribution < 1.29 is 14.1 Å². The van der Waals surface area contributed by atoms with E-state index in [1.807, 2.05) is 12.1 Å². The van der Waals surface area contributed by atoms with Crippen molar-refractivity contribution in [2.24, 2.45) is 15.4 Å². The number of hydrogen-bond acceptors (Lipinski definition) is 5. The first-order valence-electron chi connectivity index (χ1n) is 8.84. The molecular formula is C18H30N3O3PS. The third-order valence-corrected chi connectivity index (χ3v) is 8.27. The monoisotopic (exact) mass is 399 g/mol. The Morgan fingerprint density at radius 1 is 1.35 bits per heavy atom. The molecule has 1 aromatic rings. The Morgan fingerprint density at radius 3 is 2.69 bits per heavy atom. The Bertz CT molecular complexity index is 650. The van der Waals surface area contributed by atoms with Gasteiger partial charge in [-0.25, -0.2) is 9.56 Å². The summed E-state index contributed by atoms with van der Waals surface area (Å²) in [6.07, 6.45) is 2.50. The van der Waals surface area contributed by atoms with Gasteiger partial charge in [0.2, 0.25) is 0 Å². The first-order chi connectivity index (χ1) is 12.5. The average molecular weight is 399 g/mol. The normalized spacial score (nSPS) is 13.6. The lowest BCUT2D eigenvalue weighted by atomic mass is 10.2. The van der Waals surface area contributed by atoms with E-state index >= 15 is 0 Å². The summed E-state index contributed by atoms with van der Waals surface area (Å²) >= 11 is 1.66. The molecule has 6 nitrogen and oxygen atoms in total. The quantitative estimate of drug-likeness (QED) is 0.224. The maximum Gasteiger partial charge on any atom is 0.340 e. The van der Waals surface area contributed by atoms with E-state index in [4.69, 9.17) is 9.26 Å². The fourth-order valence-electron chi connectivity index (χ4n) is 1.89. The molecule has 0 aliphatic rings. The van der Waals surface area contributed by atoms with Crippen LogP contribution in [0.2, 0.25) is 0 Å². The molecule has 0 saturated heterocycles. The number of esters is 1. The lowest BCUT2D eigenvalue weighted by molar-refractivity contribution is 0.0527. The van der Waals surface area contributed by atoms with Crippen molar-refractivity contribution >= 4 is 36.0 Å². The number of carbonyl (C=O) groups excluding carboxylic acids is 1. The van der Waals surface area contributed by atoms with Crippen LogP contribution in [0.15, 0.2) is 33.8 Å². The zero-order valence-corrected chi connectivity index (χ0v) is 18.0. The largest absolute Gasteiger partial charge is 0.462 e. The molecule has 0 aliphatic heterocycles. The number of benzene rings is 1. The predicted molar refractivity (Wildman–Crippen MR) is 113 cm³/mol. The Morgan fingerprint density at radius 2 is 2.08 bits per heavy atom. The molecule has 0 fully saturated rings. The van der Waals surface area contributed by atoms with E-state index in [0.717, 1.165) is 12.2 Å². The van der Waals surface area contributed by atoms with Gasteiger partial charge in [0.25, 0.3) is 6.63 Å².